The van der Waals surface area contributed by atoms with E-state index in [2.05, 4.69) is 34.1 Å². The fourth-order valence-corrected chi connectivity index (χ4v) is 3.73. The third-order valence-corrected chi connectivity index (χ3v) is 5.24. The number of benzene rings is 1. The number of carbonyl (C=O) groups is 1. The Kier molecular flexibility index (Phi) is 4.37. The van der Waals surface area contributed by atoms with E-state index in [0.717, 1.165) is 50.8 Å². The number of aryl methyl sites for hydroxylation is 1. The number of nitrogens with zero attached hydrogens (tertiary/aromatic N) is 2. The van der Waals surface area contributed by atoms with E-state index in [0.29, 0.717) is 17.7 Å². The number of likely N-dealkylation sites (tertiary alicyclic amines) is 1. The predicted molar refractivity (Wildman–Crippen MR) is 91.9 cm³/mol. The van der Waals surface area contributed by atoms with Crippen molar-refractivity contribution in [2.24, 2.45) is 0 Å². The molecule has 2 fully saturated rings. The van der Waals surface area contributed by atoms with Crippen molar-refractivity contribution in [2.75, 3.05) is 6.54 Å². The molecule has 4 rings (SSSR count). The minimum Gasteiger partial charge on any atom is -0.447 e. The summed E-state index contributed by atoms with van der Waals surface area (Å²) in [5.41, 5.74) is 1.90. The van der Waals surface area contributed by atoms with Crippen molar-refractivity contribution in [2.45, 2.75) is 56.9 Å². The standard InChI is InChI=1S/C20H24N2O2/c23-20(18-19(16-10-11-16)24-14-21-18)22-13-5-4-8-17(22)12-9-15-6-2-1-3-7-15/h1-3,6-7,14,16-17H,4-5,8-13H2/t17-/m0/s1. The van der Waals surface area contributed by atoms with Gasteiger partial charge in [-0.25, -0.2) is 4.98 Å². The van der Waals surface area contributed by atoms with E-state index in [1.807, 2.05) is 6.07 Å². The zero-order chi connectivity index (χ0) is 16.4. The maximum Gasteiger partial charge on any atom is 0.276 e. The maximum atomic E-state index is 13.0. The number of oxazole rings is 1. The van der Waals surface area contributed by atoms with Gasteiger partial charge in [0.2, 0.25) is 0 Å². The molecule has 0 unspecified atom stereocenters. The van der Waals surface area contributed by atoms with Crippen LogP contribution in [0, 0.1) is 0 Å². The second kappa shape index (κ2) is 6.80. The lowest BCUT2D eigenvalue weighted by Gasteiger charge is -2.35. The second-order valence-corrected chi connectivity index (χ2v) is 7.01. The predicted octanol–water partition coefficient (Wildman–Crippen LogP) is 4.18. The summed E-state index contributed by atoms with van der Waals surface area (Å²) in [7, 11) is 0. The van der Waals surface area contributed by atoms with E-state index in [1.54, 1.807) is 0 Å². The van der Waals surface area contributed by atoms with Gasteiger partial charge in [0.1, 0.15) is 5.76 Å². The molecule has 4 heteroatoms. The quantitative estimate of drug-likeness (QED) is 0.829. The fraction of sp³-hybridized carbons (Fsp3) is 0.500. The lowest BCUT2D eigenvalue weighted by Crippen LogP contribution is -2.44. The highest BCUT2D eigenvalue weighted by molar-refractivity contribution is 5.93. The van der Waals surface area contributed by atoms with Gasteiger partial charge in [-0.05, 0) is 50.5 Å². The summed E-state index contributed by atoms with van der Waals surface area (Å²) in [5, 5.41) is 0. The van der Waals surface area contributed by atoms with Crippen LogP contribution in [0.15, 0.2) is 41.1 Å². The highest BCUT2D eigenvalue weighted by atomic mass is 16.3. The van der Waals surface area contributed by atoms with Crippen molar-refractivity contribution < 1.29 is 9.21 Å². The SMILES string of the molecule is O=C(c1ncoc1C1CC1)N1CCCC[C@H]1CCc1ccccc1. The Morgan fingerprint density at radius 3 is 2.79 bits per heavy atom. The molecule has 0 N–H and O–H groups in total. The van der Waals surface area contributed by atoms with Crippen LogP contribution in [0.2, 0.25) is 0 Å². The molecule has 0 spiro atoms. The van der Waals surface area contributed by atoms with Crippen molar-refractivity contribution in [3.8, 4) is 0 Å². The van der Waals surface area contributed by atoms with Gasteiger partial charge in [-0.2, -0.15) is 0 Å². The molecule has 24 heavy (non-hydrogen) atoms. The maximum absolute atomic E-state index is 13.0. The van der Waals surface area contributed by atoms with Gasteiger partial charge in [0, 0.05) is 18.5 Å². The number of rotatable bonds is 5. The molecule has 1 atom stereocenters. The molecule has 2 heterocycles. The summed E-state index contributed by atoms with van der Waals surface area (Å²) in [6.45, 7) is 0.843. The zero-order valence-electron chi connectivity index (χ0n) is 14.0. The summed E-state index contributed by atoms with van der Waals surface area (Å²) < 4.78 is 5.51. The monoisotopic (exact) mass is 324 g/mol. The molecule has 4 nitrogen and oxygen atoms in total. The first-order valence-corrected chi connectivity index (χ1v) is 9.11. The number of piperidine rings is 1. The summed E-state index contributed by atoms with van der Waals surface area (Å²) in [6.07, 6.45) is 9.09. The topological polar surface area (TPSA) is 46.3 Å². The molecule has 1 aliphatic heterocycles. The molecule has 1 aromatic heterocycles. The van der Waals surface area contributed by atoms with Crippen molar-refractivity contribution in [1.29, 1.82) is 0 Å². The molecule has 1 aliphatic carbocycles. The van der Waals surface area contributed by atoms with Crippen LogP contribution in [-0.2, 0) is 6.42 Å². The first-order chi connectivity index (χ1) is 11.8. The Bertz CT molecular complexity index is 691. The molecule has 1 saturated heterocycles. The number of amides is 1. The van der Waals surface area contributed by atoms with Gasteiger partial charge >= 0.3 is 0 Å². The van der Waals surface area contributed by atoms with Gasteiger partial charge in [0.25, 0.3) is 5.91 Å². The van der Waals surface area contributed by atoms with E-state index in [1.165, 1.54) is 18.4 Å². The third-order valence-electron chi connectivity index (χ3n) is 5.24. The Morgan fingerprint density at radius 1 is 1.17 bits per heavy atom. The van der Waals surface area contributed by atoms with Gasteiger partial charge in [-0.15, -0.1) is 0 Å². The summed E-state index contributed by atoms with van der Waals surface area (Å²) in [5.74, 6) is 1.30. The fourth-order valence-electron chi connectivity index (χ4n) is 3.73. The molecular weight excluding hydrogens is 300 g/mol. The van der Waals surface area contributed by atoms with Crippen molar-refractivity contribution in [3.63, 3.8) is 0 Å². The van der Waals surface area contributed by atoms with Gasteiger partial charge in [-0.1, -0.05) is 30.3 Å². The van der Waals surface area contributed by atoms with E-state index in [9.17, 15) is 4.79 Å². The normalized spacial score (nSPS) is 21.0. The van der Waals surface area contributed by atoms with Crippen molar-refractivity contribution in [3.05, 3.63) is 53.7 Å². The average Bonchev–Trinajstić information content (AvgIpc) is 3.37. The minimum absolute atomic E-state index is 0.0726. The average molecular weight is 324 g/mol. The van der Waals surface area contributed by atoms with Crippen LogP contribution in [0.4, 0.5) is 0 Å². The second-order valence-electron chi connectivity index (χ2n) is 7.01. The Balaban J connectivity index is 1.47. The third kappa shape index (κ3) is 3.23. The molecular formula is C20H24N2O2. The summed E-state index contributed by atoms with van der Waals surface area (Å²) in [4.78, 5) is 19.3. The first-order valence-electron chi connectivity index (χ1n) is 9.11. The Hall–Kier alpha value is -2.10. The van der Waals surface area contributed by atoms with Gasteiger partial charge in [0.05, 0.1) is 0 Å². The van der Waals surface area contributed by atoms with Gasteiger partial charge < -0.3 is 9.32 Å². The van der Waals surface area contributed by atoms with Crippen LogP contribution in [0.5, 0.6) is 0 Å². The molecule has 1 aromatic carbocycles. The number of hydrogen-bond acceptors (Lipinski definition) is 3. The first kappa shape index (κ1) is 15.4. The lowest BCUT2D eigenvalue weighted by atomic mass is 9.95. The molecule has 1 saturated carbocycles. The largest absolute Gasteiger partial charge is 0.447 e. The highest BCUT2D eigenvalue weighted by Crippen LogP contribution is 2.42. The van der Waals surface area contributed by atoms with E-state index >= 15 is 0 Å². The van der Waals surface area contributed by atoms with Crippen LogP contribution in [0.3, 0.4) is 0 Å². The van der Waals surface area contributed by atoms with Crippen LogP contribution in [0.25, 0.3) is 0 Å². The van der Waals surface area contributed by atoms with Crippen LogP contribution < -0.4 is 0 Å². The van der Waals surface area contributed by atoms with E-state index in [4.69, 9.17) is 4.42 Å². The molecule has 1 amide bonds. The number of aromatic nitrogens is 1. The molecule has 0 radical (unpaired) electrons. The summed E-state index contributed by atoms with van der Waals surface area (Å²) >= 11 is 0. The smallest absolute Gasteiger partial charge is 0.276 e. The Morgan fingerprint density at radius 2 is 2.00 bits per heavy atom. The minimum atomic E-state index is 0.0726. The summed E-state index contributed by atoms with van der Waals surface area (Å²) in [6, 6.07) is 10.8. The zero-order valence-corrected chi connectivity index (χ0v) is 14.0. The number of hydrogen-bond donors (Lipinski definition) is 0. The molecule has 126 valence electrons. The van der Waals surface area contributed by atoms with Crippen LogP contribution >= 0.6 is 0 Å². The Labute approximate surface area is 142 Å². The lowest BCUT2D eigenvalue weighted by molar-refractivity contribution is 0.0594. The molecule has 0 bridgehead atoms. The van der Waals surface area contributed by atoms with Crippen LogP contribution in [0.1, 0.15) is 66.3 Å². The highest BCUT2D eigenvalue weighted by Gasteiger charge is 2.36. The molecule has 2 aliphatic rings. The van der Waals surface area contributed by atoms with E-state index in [-0.39, 0.29) is 5.91 Å². The van der Waals surface area contributed by atoms with Gasteiger partial charge in [0.15, 0.2) is 12.1 Å². The number of carbonyl (C=O) groups excluding carboxylic acids is 1. The van der Waals surface area contributed by atoms with E-state index < -0.39 is 0 Å². The molecule has 2 aromatic rings. The van der Waals surface area contributed by atoms with Crippen molar-refractivity contribution in [1.82, 2.24) is 9.88 Å². The van der Waals surface area contributed by atoms with Crippen LogP contribution in [-0.4, -0.2) is 28.4 Å². The van der Waals surface area contributed by atoms with Gasteiger partial charge in [-0.3, -0.25) is 4.79 Å². The van der Waals surface area contributed by atoms with Crippen molar-refractivity contribution >= 4 is 5.91 Å².